The molecule has 1 fully saturated rings. The van der Waals surface area contributed by atoms with Gasteiger partial charge in [0, 0.05) is 11.1 Å². The first kappa shape index (κ1) is 34.5. The Morgan fingerprint density at radius 3 is 1.87 bits per heavy atom. The quantitative estimate of drug-likeness (QED) is 0.147. The summed E-state index contributed by atoms with van der Waals surface area (Å²) in [7, 11) is 0. The monoisotopic (exact) mass is 628 g/mol. The van der Waals surface area contributed by atoms with Crippen LogP contribution in [0.2, 0.25) is 0 Å². The maximum Gasteiger partial charge on any atom is 0.166 e. The van der Waals surface area contributed by atoms with Crippen LogP contribution in [0.3, 0.4) is 0 Å². The largest absolute Gasteiger partial charge is 0.206 e. The maximum atomic E-state index is 15.4. The fourth-order valence-electron chi connectivity index (χ4n) is 8.06. The second-order valence-corrected chi connectivity index (χ2v) is 14.2. The van der Waals surface area contributed by atoms with Crippen LogP contribution in [0.25, 0.3) is 27.8 Å². The Morgan fingerprint density at radius 2 is 1.22 bits per heavy atom. The van der Waals surface area contributed by atoms with Crippen LogP contribution in [-0.2, 0) is 6.42 Å². The second-order valence-electron chi connectivity index (χ2n) is 14.2. The highest BCUT2D eigenvalue weighted by atomic mass is 19.2. The van der Waals surface area contributed by atoms with Crippen molar-refractivity contribution >= 4 is 5.57 Å². The van der Waals surface area contributed by atoms with E-state index in [2.05, 4.69) is 19.9 Å². The first-order valence-corrected chi connectivity index (χ1v) is 18.5. The molecule has 1 unspecified atom stereocenters. The van der Waals surface area contributed by atoms with E-state index in [9.17, 15) is 4.39 Å². The summed E-state index contributed by atoms with van der Waals surface area (Å²) in [4.78, 5) is 0. The molecular weight excluding hydrogens is 573 g/mol. The van der Waals surface area contributed by atoms with Crippen molar-refractivity contribution in [2.75, 3.05) is 0 Å². The van der Waals surface area contributed by atoms with Gasteiger partial charge in [0.2, 0.25) is 0 Å². The number of allylic oxidation sites excluding steroid dienone is 2. The summed E-state index contributed by atoms with van der Waals surface area (Å²) in [6, 6.07) is 16.1. The fraction of sp³-hybridized carbons (Fsp3) is 0.535. The molecule has 0 amide bonds. The van der Waals surface area contributed by atoms with E-state index in [1.165, 1.54) is 76.2 Å². The molecule has 2 aliphatic carbocycles. The van der Waals surface area contributed by atoms with Gasteiger partial charge < -0.3 is 0 Å². The third-order valence-electron chi connectivity index (χ3n) is 11.0. The molecule has 0 radical (unpaired) electrons. The minimum Gasteiger partial charge on any atom is -0.206 e. The molecule has 248 valence electrons. The zero-order valence-corrected chi connectivity index (χ0v) is 28.4. The molecule has 0 aromatic heterocycles. The van der Waals surface area contributed by atoms with Gasteiger partial charge in [0.25, 0.3) is 0 Å². The lowest BCUT2D eigenvalue weighted by molar-refractivity contribution is 0.187. The van der Waals surface area contributed by atoms with Crippen LogP contribution in [0.15, 0.2) is 60.7 Å². The fourth-order valence-corrected chi connectivity index (χ4v) is 8.06. The van der Waals surface area contributed by atoms with Crippen molar-refractivity contribution in [3.8, 4) is 22.3 Å². The lowest BCUT2D eigenvalue weighted by atomic mass is 9.70. The smallest absolute Gasteiger partial charge is 0.166 e. The van der Waals surface area contributed by atoms with Gasteiger partial charge in [-0.2, -0.15) is 0 Å². The Hall–Kier alpha value is -2.81. The van der Waals surface area contributed by atoms with Gasteiger partial charge in [0.15, 0.2) is 11.6 Å². The van der Waals surface area contributed by atoms with E-state index in [1.807, 2.05) is 12.1 Å². The van der Waals surface area contributed by atoms with Crippen molar-refractivity contribution in [1.82, 2.24) is 0 Å². The highest BCUT2D eigenvalue weighted by Crippen LogP contribution is 2.42. The molecule has 0 saturated heterocycles. The molecule has 46 heavy (non-hydrogen) atoms. The normalized spacial score (nSPS) is 20.1. The average Bonchev–Trinajstić information content (AvgIpc) is 3.09. The Balaban J connectivity index is 1.15. The number of benzene rings is 3. The van der Waals surface area contributed by atoms with Gasteiger partial charge in [-0.25, -0.2) is 13.2 Å². The third kappa shape index (κ3) is 8.96. The van der Waals surface area contributed by atoms with Gasteiger partial charge in [0.1, 0.15) is 5.82 Å². The average molecular weight is 629 g/mol. The molecule has 1 saturated carbocycles. The first-order valence-electron chi connectivity index (χ1n) is 18.5. The summed E-state index contributed by atoms with van der Waals surface area (Å²) in [5, 5.41) is 0. The first-order chi connectivity index (χ1) is 22.5. The van der Waals surface area contributed by atoms with Crippen molar-refractivity contribution in [2.24, 2.45) is 17.8 Å². The van der Waals surface area contributed by atoms with Crippen molar-refractivity contribution in [3.05, 3.63) is 89.3 Å². The Labute approximate surface area is 276 Å². The summed E-state index contributed by atoms with van der Waals surface area (Å²) in [5.74, 6) is 0.780. The topological polar surface area (TPSA) is 0 Å². The van der Waals surface area contributed by atoms with Crippen molar-refractivity contribution in [1.29, 1.82) is 0 Å². The molecule has 0 nitrogen and oxygen atoms in total. The van der Waals surface area contributed by atoms with E-state index >= 15 is 8.78 Å². The molecule has 2 aliphatic rings. The minimum absolute atomic E-state index is 0.241. The zero-order valence-electron chi connectivity index (χ0n) is 28.4. The van der Waals surface area contributed by atoms with Crippen LogP contribution in [0.4, 0.5) is 13.2 Å². The maximum absolute atomic E-state index is 15.4. The van der Waals surface area contributed by atoms with Gasteiger partial charge in [-0.05, 0) is 96.6 Å². The molecule has 0 bridgehead atoms. The van der Waals surface area contributed by atoms with Crippen molar-refractivity contribution in [2.45, 2.75) is 129 Å². The molecule has 0 N–H and O–H groups in total. The SMILES string of the molecule is CCCCCCCC1CCC(C2CC=C(c3ccc(-c4ccc(-c5ccc(CCCCCC)c(F)c5F)cc4)c(F)c3)CC2)CC1. The number of rotatable bonds is 15. The van der Waals surface area contributed by atoms with Crippen molar-refractivity contribution < 1.29 is 13.2 Å². The molecular formula is C43H55F3. The van der Waals surface area contributed by atoms with Gasteiger partial charge in [-0.3, -0.25) is 0 Å². The van der Waals surface area contributed by atoms with Crippen LogP contribution in [-0.4, -0.2) is 0 Å². The zero-order chi connectivity index (χ0) is 32.3. The van der Waals surface area contributed by atoms with Crippen LogP contribution < -0.4 is 0 Å². The molecule has 3 heteroatoms. The molecule has 3 aromatic rings. The van der Waals surface area contributed by atoms with Gasteiger partial charge >= 0.3 is 0 Å². The summed E-state index contributed by atoms with van der Waals surface area (Å²) in [6.45, 7) is 4.42. The highest BCUT2D eigenvalue weighted by Gasteiger charge is 2.29. The molecule has 5 rings (SSSR count). The van der Waals surface area contributed by atoms with E-state index < -0.39 is 11.6 Å². The summed E-state index contributed by atoms with van der Waals surface area (Å²) >= 11 is 0. The molecule has 1 atom stereocenters. The number of unbranched alkanes of at least 4 members (excludes halogenated alkanes) is 7. The number of halogens is 3. The summed E-state index contributed by atoms with van der Waals surface area (Å²) in [5.41, 5.74) is 4.78. The van der Waals surface area contributed by atoms with Crippen LogP contribution in [0.5, 0.6) is 0 Å². The van der Waals surface area contributed by atoms with E-state index in [1.54, 1.807) is 42.5 Å². The predicted octanol–water partition coefficient (Wildman–Crippen LogP) is 13.9. The number of aryl methyl sites for hydroxylation is 1. The Bertz CT molecular complexity index is 1410. The highest BCUT2D eigenvalue weighted by molar-refractivity contribution is 5.74. The molecule has 0 heterocycles. The van der Waals surface area contributed by atoms with E-state index in [4.69, 9.17) is 0 Å². The van der Waals surface area contributed by atoms with Gasteiger partial charge in [0.05, 0.1) is 0 Å². The van der Waals surface area contributed by atoms with E-state index in [0.29, 0.717) is 23.1 Å². The van der Waals surface area contributed by atoms with Crippen LogP contribution in [0, 0.1) is 35.2 Å². The lowest BCUT2D eigenvalue weighted by Gasteiger charge is -2.35. The van der Waals surface area contributed by atoms with E-state index in [0.717, 1.165) is 67.4 Å². The van der Waals surface area contributed by atoms with Gasteiger partial charge in [-0.15, -0.1) is 0 Å². The molecule has 0 aliphatic heterocycles. The Kier molecular flexibility index (Phi) is 13.0. The van der Waals surface area contributed by atoms with Crippen LogP contribution >= 0.6 is 0 Å². The van der Waals surface area contributed by atoms with Gasteiger partial charge in [-0.1, -0.05) is 139 Å². The lowest BCUT2D eigenvalue weighted by Crippen LogP contribution is -2.23. The number of hydrogen-bond donors (Lipinski definition) is 0. The standard InChI is InChI=1S/C43H55F3/c1-3-5-7-9-10-12-31-14-16-32(17-15-31)33-18-20-34(21-19-33)38-27-28-39(41(44)30-38)35-22-24-36(25-23-35)40-29-26-37(42(45)43(40)46)13-11-8-6-4-2/h20,22-33H,3-19,21H2,1-2H3. The third-order valence-corrected chi connectivity index (χ3v) is 11.0. The summed E-state index contributed by atoms with van der Waals surface area (Å²) < 4.78 is 45.3. The van der Waals surface area contributed by atoms with Crippen LogP contribution in [0.1, 0.15) is 134 Å². The predicted molar refractivity (Wildman–Crippen MR) is 189 cm³/mol. The summed E-state index contributed by atoms with van der Waals surface area (Å²) in [6.07, 6.45) is 24.4. The van der Waals surface area contributed by atoms with E-state index in [-0.39, 0.29) is 11.4 Å². The number of hydrogen-bond acceptors (Lipinski definition) is 0. The molecule has 0 spiro atoms. The van der Waals surface area contributed by atoms with Crippen molar-refractivity contribution in [3.63, 3.8) is 0 Å². The minimum atomic E-state index is -0.805. The Morgan fingerprint density at radius 1 is 0.587 bits per heavy atom. The molecule has 3 aromatic carbocycles. The second kappa shape index (κ2) is 17.4.